The Bertz CT molecular complexity index is 240. The van der Waals surface area contributed by atoms with Crippen LogP contribution < -0.4 is 0 Å². The van der Waals surface area contributed by atoms with Crippen LogP contribution in [0.4, 0.5) is 0 Å². The van der Waals surface area contributed by atoms with Gasteiger partial charge in [0.1, 0.15) is 0 Å². The van der Waals surface area contributed by atoms with Crippen LogP contribution in [0.3, 0.4) is 0 Å². The van der Waals surface area contributed by atoms with Crippen molar-refractivity contribution in [2.24, 2.45) is 0 Å². The van der Waals surface area contributed by atoms with Gasteiger partial charge in [-0.15, -0.1) is 0 Å². The van der Waals surface area contributed by atoms with Gasteiger partial charge in [-0.05, 0) is 37.9 Å². The first-order valence-electron chi connectivity index (χ1n) is 4.89. The Morgan fingerprint density at radius 2 is 2.38 bits per heavy atom. The molecule has 0 saturated carbocycles. The molecule has 0 bridgehead atoms. The molecule has 1 aromatic rings. The van der Waals surface area contributed by atoms with Crippen molar-refractivity contribution in [3.05, 3.63) is 36.5 Å². The van der Waals surface area contributed by atoms with Gasteiger partial charge in [0.05, 0.1) is 5.69 Å². The van der Waals surface area contributed by atoms with E-state index in [2.05, 4.69) is 28.4 Å². The van der Waals surface area contributed by atoms with E-state index in [1.54, 1.807) is 0 Å². The third-order valence-electron chi connectivity index (χ3n) is 2.38. The number of aromatic nitrogens is 1. The van der Waals surface area contributed by atoms with Crippen molar-refractivity contribution >= 4 is 0 Å². The van der Waals surface area contributed by atoms with Gasteiger partial charge in [-0.2, -0.15) is 0 Å². The summed E-state index contributed by atoms with van der Waals surface area (Å²) in [5.41, 5.74) is 1.18. The zero-order valence-corrected chi connectivity index (χ0v) is 7.82. The van der Waals surface area contributed by atoms with E-state index in [1.807, 2.05) is 12.3 Å². The number of hydrogen-bond acceptors (Lipinski definition) is 2. The van der Waals surface area contributed by atoms with Gasteiger partial charge >= 0.3 is 0 Å². The molecule has 1 fully saturated rings. The summed E-state index contributed by atoms with van der Waals surface area (Å²) in [6.45, 7) is 3.33. The molecule has 69 valence electrons. The van der Waals surface area contributed by atoms with Crippen molar-refractivity contribution in [1.82, 2.24) is 9.88 Å². The molecule has 1 aliphatic heterocycles. The molecule has 1 radical (unpaired) electrons. The number of likely N-dealkylation sites (tertiary alicyclic amines) is 1. The first-order valence-corrected chi connectivity index (χ1v) is 4.89. The molecule has 13 heavy (non-hydrogen) atoms. The first kappa shape index (κ1) is 8.70. The molecule has 2 heterocycles. The van der Waals surface area contributed by atoms with Gasteiger partial charge in [0, 0.05) is 19.3 Å². The zero-order chi connectivity index (χ0) is 8.93. The smallest absolute Gasteiger partial charge is 0.0543 e. The van der Waals surface area contributed by atoms with E-state index in [1.165, 1.54) is 25.1 Å². The summed E-state index contributed by atoms with van der Waals surface area (Å²) in [5.74, 6) is 0. The molecule has 1 aromatic heterocycles. The average molecular weight is 175 g/mol. The lowest BCUT2D eigenvalue weighted by atomic mass is 10.1. The highest BCUT2D eigenvalue weighted by Gasteiger charge is 2.10. The van der Waals surface area contributed by atoms with Crippen LogP contribution in [0, 0.1) is 6.42 Å². The van der Waals surface area contributed by atoms with Crippen molar-refractivity contribution in [3.63, 3.8) is 0 Å². The molecule has 0 aliphatic carbocycles. The van der Waals surface area contributed by atoms with Gasteiger partial charge in [-0.25, -0.2) is 0 Å². The van der Waals surface area contributed by atoms with E-state index in [0.717, 1.165) is 13.1 Å². The molecule has 0 atom stereocenters. The fraction of sp³-hybridized carbons (Fsp3) is 0.455. The standard InChI is InChI=1S/C11H15N2/c1-4-8-13(9-5-1)10-11-6-2-3-7-12-11/h2-4,6-7H,1,5,8-10H2. The van der Waals surface area contributed by atoms with Gasteiger partial charge in [0.15, 0.2) is 0 Å². The van der Waals surface area contributed by atoms with Crippen LogP contribution in [0.5, 0.6) is 0 Å². The summed E-state index contributed by atoms with van der Waals surface area (Å²) in [4.78, 5) is 6.75. The molecule has 0 amide bonds. The fourth-order valence-corrected chi connectivity index (χ4v) is 1.69. The molecular weight excluding hydrogens is 160 g/mol. The Morgan fingerprint density at radius 1 is 1.38 bits per heavy atom. The fourth-order valence-electron chi connectivity index (χ4n) is 1.69. The predicted molar refractivity (Wildman–Crippen MR) is 53.0 cm³/mol. The van der Waals surface area contributed by atoms with Crippen LogP contribution in [0.25, 0.3) is 0 Å². The van der Waals surface area contributed by atoms with Crippen molar-refractivity contribution < 1.29 is 0 Å². The monoisotopic (exact) mass is 175 g/mol. The Hall–Kier alpha value is -0.890. The molecule has 0 N–H and O–H groups in total. The van der Waals surface area contributed by atoms with Crippen LogP contribution in [0.2, 0.25) is 0 Å². The maximum Gasteiger partial charge on any atom is 0.0543 e. The highest BCUT2D eigenvalue weighted by molar-refractivity contribution is 5.03. The van der Waals surface area contributed by atoms with Crippen LogP contribution in [0.1, 0.15) is 18.5 Å². The van der Waals surface area contributed by atoms with E-state index in [-0.39, 0.29) is 0 Å². The summed E-state index contributed by atoms with van der Waals surface area (Å²) >= 11 is 0. The normalized spacial score (nSPS) is 18.8. The third-order valence-corrected chi connectivity index (χ3v) is 2.38. The number of pyridine rings is 1. The third kappa shape index (κ3) is 2.52. The van der Waals surface area contributed by atoms with Gasteiger partial charge in [0.25, 0.3) is 0 Å². The lowest BCUT2D eigenvalue weighted by molar-refractivity contribution is 0.252. The van der Waals surface area contributed by atoms with Gasteiger partial charge in [0.2, 0.25) is 0 Å². The second-order valence-electron chi connectivity index (χ2n) is 3.49. The average Bonchev–Trinajstić information content (AvgIpc) is 2.21. The Morgan fingerprint density at radius 3 is 3.08 bits per heavy atom. The predicted octanol–water partition coefficient (Wildman–Crippen LogP) is 1.88. The summed E-state index contributed by atoms with van der Waals surface area (Å²) < 4.78 is 0. The molecular formula is C11H15N2. The van der Waals surface area contributed by atoms with Crippen molar-refractivity contribution in [3.8, 4) is 0 Å². The SMILES string of the molecule is [CH]1CCCN(Cc2ccccn2)C1. The highest BCUT2D eigenvalue weighted by atomic mass is 15.1. The lowest BCUT2D eigenvalue weighted by Crippen LogP contribution is -2.29. The van der Waals surface area contributed by atoms with Crippen molar-refractivity contribution in [2.75, 3.05) is 13.1 Å². The second kappa shape index (κ2) is 4.38. The minimum absolute atomic E-state index is 0.997. The minimum Gasteiger partial charge on any atom is -0.297 e. The van der Waals surface area contributed by atoms with E-state index in [4.69, 9.17) is 0 Å². The topological polar surface area (TPSA) is 16.1 Å². The van der Waals surface area contributed by atoms with Crippen molar-refractivity contribution in [2.45, 2.75) is 19.4 Å². The van der Waals surface area contributed by atoms with Gasteiger partial charge in [-0.1, -0.05) is 6.07 Å². The molecule has 0 spiro atoms. The van der Waals surface area contributed by atoms with E-state index >= 15 is 0 Å². The summed E-state index contributed by atoms with van der Waals surface area (Å²) in [6, 6.07) is 6.11. The van der Waals surface area contributed by atoms with E-state index in [9.17, 15) is 0 Å². The van der Waals surface area contributed by atoms with Crippen LogP contribution >= 0.6 is 0 Å². The Balaban J connectivity index is 1.90. The number of nitrogens with zero attached hydrogens (tertiary/aromatic N) is 2. The minimum atomic E-state index is 0.997. The summed E-state index contributed by atoms with van der Waals surface area (Å²) in [7, 11) is 0. The number of piperidine rings is 1. The summed E-state index contributed by atoms with van der Waals surface area (Å²) in [6.07, 6.45) is 6.79. The molecule has 0 aromatic carbocycles. The molecule has 1 aliphatic rings. The number of rotatable bonds is 2. The highest BCUT2D eigenvalue weighted by Crippen LogP contribution is 2.10. The molecule has 0 unspecified atom stereocenters. The Labute approximate surface area is 79.6 Å². The van der Waals surface area contributed by atoms with Crippen molar-refractivity contribution in [1.29, 1.82) is 0 Å². The van der Waals surface area contributed by atoms with Crippen LogP contribution in [-0.4, -0.2) is 23.0 Å². The van der Waals surface area contributed by atoms with Gasteiger partial charge < -0.3 is 0 Å². The van der Waals surface area contributed by atoms with Gasteiger partial charge in [-0.3, -0.25) is 9.88 Å². The first-order chi connectivity index (χ1) is 6.45. The maximum absolute atomic E-state index is 4.32. The Kier molecular flexibility index (Phi) is 2.93. The molecule has 2 heteroatoms. The quantitative estimate of drug-likeness (QED) is 0.682. The zero-order valence-electron chi connectivity index (χ0n) is 7.82. The largest absolute Gasteiger partial charge is 0.297 e. The maximum atomic E-state index is 4.32. The second-order valence-corrected chi connectivity index (χ2v) is 3.49. The molecule has 1 saturated heterocycles. The number of hydrogen-bond donors (Lipinski definition) is 0. The molecule has 2 nitrogen and oxygen atoms in total. The summed E-state index contributed by atoms with van der Waals surface area (Å²) in [5, 5.41) is 0. The molecule has 2 rings (SSSR count). The lowest BCUT2D eigenvalue weighted by Gasteiger charge is -2.25. The van der Waals surface area contributed by atoms with E-state index in [0.29, 0.717) is 0 Å². The van der Waals surface area contributed by atoms with E-state index < -0.39 is 0 Å². The van der Waals surface area contributed by atoms with Crippen LogP contribution in [0.15, 0.2) is 24.4 Å². The van der Waals surface area contributed by atoms with Crippen LogP contribution in [-0.2, 0) is 6.54 Å².